The minimum atomic E-state index is -0.0925. The molecule has 1 spiro atoms. The van der Waals surface area contributed by atoms with Gasteiger partial charge in [0.1, 0.15) is 5.76 Å². The van der Waals surface area contributed by atoms with Crippen LogP contribution in [-0.4, -0.2) is 54.3 Å². The summed E-state index contributed by atoms with van der Waals surface area (Å²) in [4.78, 5) is 27.1. The molecule has 2 aromatic heterocycles. The first-order valence-corrected chi connectivity index (χ1v) is 10.00. The molecule has 3 aliphatic rings. The Balaban J connectivity index is 1.36. The van der Waals surface area contributed by atoms with Gasteiger partial charge >= 0.3 is 0 Å². The van der Waals surface area contributed by atoms with Crippen molar-refractivity contribution in [2.45, 2.75) is 25.4 Å². The Morgan fingerprint density at radius 2 is 2.04 bits per heavy atom. The molecule has 7 nitrogen and oxygen atoms in total. The van der Waals surface area contributed by atoms with E-state index < -0.39 is 0 Å². The number of amides is 1. The number of piperidine rings is 1. The van der Waals surface area contributed by atoms with Gasteiger partial charge in [0.05, 0.1) is 25.8 Å². The van der Waals surface area contributed by atoms with Crippen molar-refractivity contribution in [2.75, 3.05) is 32.8 Å². The number of nitrogens with one attached hydrogen (secondary N) is 1. The average molecular weight is 383 g/mol. The van der Waals surface area contributed by atoms with Gasteiger partial charge in [-0.2, -0.15) is 0 Å². The van der Waals surface area contributed by atoms with Crippen LogP contribution >= 0.6 is 0 Å². The molecule has 3 saturated heterocycles. The molecular formula is C21H25N3O4. The lowest BCUT2D eigenvalue weighted by atomic mass is 9.70. The minimum absolute atomic E-state index is 0.0671. The standard InChI is InChI=1S/C21H25N3O4/c25-19-3-1-2-10-23(19)11-15-4-5-18(28-15)20(26)24-14-21(6-8-22-9-7-21)16-12-27-13-17(16)24/h1-5,10,16-17,22H,6-9,11-14H2/t16-,17+/m0/s1. The van der Waals surface area contributed by atoms with Gasteiger partial charge in [0.15, 0.2) is 5.76 Å². The smallest absolute Gasteiger partial charge is 0.289 e. The number of aromatic nitrogens is 1. The molecule has 0 unspecified atom stereocenters. The lowest BCUT2D eigenvalue weighted by molar-refractivity contribution is 0.0579. The van der Waals surface area contributed by atoms with Gasteiger partial charge in [0, 0.05) is 24.7 Å². The van der Waals surface area contributed by atoms with Gasteiger partial charge in [-0.3, -0.25) is 9.59 Å². The normalized spacial score (nSPS) is 25.9. The van der Waals surface area contributed by atoms with Gasteiger partial charge in [-0.05, 0) is 49.5 Å². The Bertz CT molecular complexity index is 927. The van der Waals surface area contributed by atoms with Crippen LogP contribution in [0.15, 0.2) is 45.7 Å². The third-order valence-electron chi connectivity index (χ3n) is 6.68. The topological polar surface area (TPSA) is 76.7 Å². The molecule has 3 aliphatic heterocycles. The summed E-state index contributed by atoms with van der Waals surface area (Å²) in [6, 6.07) is 8.67. The molecule has 5 rings (SSSR count). The fraction of sp³-hybridized carbons (Fsp3) is 0.524. The first kappa shape index (κ1) is 17.7. The van der Waals surface area contributed by atoms with Crippen molar-refractivity contribution >= 4 is 5.91 Å². The predicted octanol–water partition coefficient (Wildman–Crippen LogP) is 1.33. The van der Waals surface area contributed by atoms with Gasteiger partial charge in [0.2, 0.25) is 0 Å². The van der Waals surface area contributed by atoms with Crippen molar-refractivity contribution in [3.63, 3.8) is 0 Å². The van der Waals surface area contributed by atoms with E-state index in [4.69, 9.17) is 9.15 Å². The van der Waals surface area contributed by atoms with Crippen molar-refractivity contribution in [1.82, 2.24) is 14.8 Å². The fourth-order valence-electron chi connectivity index (χ4n) is 5.16. The Kier molecular flexibility index (Phi) is 4.36. The molecule has 7 heteroatoms. The summed E-state index contributed by atoms with van der Waals surface area (Å²) in [5.74, 6) is 1.29. The summed E-state index contributed by atoms with van der Waals surface area (Å²) in [6.45, 7) is 4.45. The number of carbonyl (C=O) groups is 1. The van der Waals surface area contributed by atoms with Gasteiger partial charge < -0.3 is 23.9 Å². The van der Waals surface area contributed by atoms with Crippen molar-refractivity contribution in [2.24, 2.45) is 11.3 Å². The molecule has 5 heterocycles. The predicted molar refractivity (Wildman–Crippen MR) is 102 cm³/mol. The number of furan rings is 1. The van der Waals surface area contributed by atoms with Crippen LogP contribution in [0.25, 0.3) is 0 Å². The van der Waals surface area contributed by atoms with E-state index in [1.807, 2.05) is 4.90 Å². The van der Waals surface area contributed by atoms with Crippen LogP contribution in [-0.2, 0) is 11.3 Å². The van der Waals surface area contributed by atoms with E-state index in [1.54, 1.807) is 35.0 Å². The first-order valence-electron chi connectivity index (χ1n) is 10.00. The molecule has 28 heavy (non-hydrogen) atoms. The molecule has 0 aromatic carbocycles. The van der Waals surface area contributed by atoms with Crippen LogP contribution < -0.4 is 10.9 Å². The van der Waals surface area contributed by atoms with Crippen LogP contribution in [0, 0.1) is 11.3 Å². The third kappa shape index (κ3) is 2.89. The SMILES string of the molecule is O=C(c1ccc(Cn2ccccc2=O)o1)N1CC2(CCNCC2)[C@H]2COC[C@H]21. The zero-order valence-electron chi connectivity index (χ0n) is 15.8. The second-order valence-electron chi connectivity index (χ2n) is 8.19. The van der Waals surface area contributed by atoms with E-state index in [0.29, 0.717) is 30.6 Å². The van der Waals surface area contributed by atoms with Crippen LogP contribution in [0.1, 0.15) is 29.2 Å². The largest absolute Gasteiger partial charge is 0.454 e. The molecule has 148 valence electrons. The second-order valence-corrected chi connectivity index (χ2v) is 8.19. The summed E-state index contributed by atoms with van der Waals surface area (Å²) in [7, 11) is 0. The van der Waals surface area contributed by atoms with Crippen LogP contribution in [0.3, 0.4) is 0 Å². The van der Waals surface area contributed by atoms with Gasteiger partial charge in [-0.15, -0.1) is 0 Å². The number of likely N-dealkylation sites (tertiary alicyclic amines) is 1. The van der Waals surface area contributed by atoms with Crippen LogP contribution in [0.2, 0.25) is 0 Å². The summed E-state index contributed by atoms with van der Waals surface area (Å²) < 4.78 is 13.2. The number of nitrogens with zero attached hydrogens (tertiary/aromatic N) is 2. The molecule has 0 radical (unpaired) electrons. The Morgan fingerprint density at radius 1 is 1.18 bits per heavy atom. The van der Waals surface area contributed by atoms with Crippen LogP contribution in [0.4, 0.5) is 0 Å². The van der Waals surface area contributed by atoms with Crippen LogP contribution in [0.5, 0.6) is 0 Å². The van der Waals surface area contributed by atoms with E-state index in [0.717, 1.165) is 39.1 Å². The lowest BCUT2D eigenvalue weighted by Gasteiger charge is -2.37. The molecule has 0 bridgehead atoms. The first-order chi connectivity index (χ1) is 13.7. The number of hydrogen-bond donors (Lipinski definition) is 1. The molecule has 0 aliphatic carbocycles. The quantitative estimate of drug-likeness (QED) is 0.865. The van der Waals surface area contributed by atoms with E-state index >= 15 is 0 Å². The highest BCUT2D eigenvalue weighted by molar-refractivity contribution is 5.92. The number of pyridine rings is 1. The highest BCUT2D eigenvalue weighted by atomic mass is 16.5. The molecule has 1 N–H and O–H groups in total. The number of fused-ring (bicyclic) bond motifs is 2. The van der Waals surface area contributed by atoms with Gasteiger partial charge in [-0.25, -0.2) is 0 Å². The lowest BCUT2D eigenvalue weighted by Crippen LogP contribution is -2.43. The highest BCUT2D eigenvalue weighted by Crippen LogP contribution is 2.49. The van der Waals surface area contributed by atoms with Crippen molar-refractivity contribution < 1.29 is 13.9 Å². The maximum absolute atomic E-state index is 13.2. The highest BCUT2D eigenvalue weighted by Gasteiger charge is 2.56. The maximum atomic E-state index is 13.2. The third-order valence-corrected chi connectivity index (χ3v) is 6.68. The number of ether oxygens (including phenoxy) is 1. The monoisotopic (exact) mass is 383 g/mol. The molecule has 2 atom stereocenters. The van der Waals surface area contributed by atoms with Crippen molar-refractivity contribution in [1.29, 1.82) is 0 Å². The number of hydrogen-bond acceptors (Lipinski definition) is 5. The second kappa shape index (κ2) is 6.90. The van der Waals surface area contributed by atoms with Crippen molar-refractivity contribution in [3.8, 4) is 0 Å². The summed E-state index contributed by atoms with van der Waals surface area (Å²) in [5.41, 5.74) is 0.0691. The van der Waals surface area contributed by atoms with E-state index in [-0.39, 0.29) is 22.9 Å². The molecule has 0 saturated carbocycles. The molecule has 2 aromatic rings. The van der Waals surface area contributed by atoms with E-state index in [9.17, 15) is 9.59 Å². The zero-order chi connectivity index (χ0) is 19.1. The average Bonchev–Trinajstić information content (AvgIpc) is 3.43. The Hall–Kier alpha value is -2.38. The van der Waals surface area contributed by atoms with Gasteiger partial charge in [0.25, 0.3) is 11.5 Å². The molecular weight excluding hydrogens is 358 g/mol. The van der Waals surface area contributed by atoms with Crippen molar-refractivity contribution in [3.05, 3.63) is 58.4 Å². The zero-order valence-corrected chi connectivity index (χ0v) is 15.8. The maximum Gasteiger partial charge on any atom is 0.289 e. The summed E-state index contributed by atoms with van der Waals surface area (Å²) >= 11 is 0. The summed E-state index contributed by atoms with van der Waals surface area (Å²) in [5, 5.41) is 3.43. The Labute approximate surface area is 163 Å². The molecule has 1 amide bonds. The number of carbonyl (C=O) groups excluding carboxylic acids is 1. The van der Waals surface area contributed by atoms with Gasteiger partial charge in [-0.1, -0.05) is 6.07 Å². The van der Waals surface area contributed by atoms with E-state index in [2.05, 4.69) is 5.32 Å². The van der Waals surface area contributed by atoms with E-state index in [1.165, 1.54) is 6.07 Å². The number of rotatable bonds is 3. The molecule has 3 fully saturated rings. The Morgan fingerprint density at radius 3 is 2.86 bits per heavy atom. The fourth-order valence-corrected chi connectivity index (χ4v) is 5.16. The summed E-state index contributed by atoms with van der Waals surface area (Å²) in [6.07, 6.45) is 3.89. The minimum Gasteiger partial charge on any atom is -0.454 e.